The molecule has 0 aliphatic rings. The summed E-state index contributed by atoms with van der Waals surface area (Å²) in [6.45, 7) is 7.89. The highest BCUT2D eigenvalue weighted by Crippen LogP contribution is 2.14. The highest BCUT2D eigenvalue weighted by molar-refractivity contribution is 5.09. The second kappa shape index (κ2) is 6.74. The fourth-order valence-electron chi connectivity index (χ4n) is 2.32. The van der Waals surface area contributed by atoms with E-state index in [9.17, 15) is 0 Å². The number of rotatable bonds is 7. The lowest BCUT2D eigenvalue weighted by atomic mass is 9.95. The fourth-order valence-corrected chi connectivity index (χ4v) is 2.32. The molecule has 2 nitrogen and oxygen atoms in total. The molecule has 2 unspecified atom stereocenters. The Morgan fingerprint density at radius 1 is 1.38 bits per heavy atom. The summed E-state index contributed by atoms with van der Waals surface area (Å²) in [6.07, 6.45) is 8.11. The van der Waals surface area contributed by atoms with Crippen LogP contribution in [0.15, 0.2) is 18.5 Å². The Bertz CT molecular complexity index is 291. The number of nitrogens with one attached hydrogen (secondary N) is 1. The van der Waals surface area contributed by atoms with Gasteiger partial charge in [0, 0.05) is 32.0 Å². The van der Waals surface area contributed by atoms with Crippen molar-refractivity contribution in [2.24, 2.45) is 13.0 Å². The Labute approximate surface area is 100 Å². The van der Waals surface area contributed by atoms with E-state index in [2.05, 4.69) is 56.2 Å². The molecule has 0 bridgehead atoms. The molecule has 0 fully saturated rings. The third-order valence-corrected chi connectivity index (χ3v) is 3.33. The first-order chi connectivity index (χ1) is 7.67. The molecule has 0 aromatic carbocycles. The van der Waals surface area contributed by atoms with Gasteiger partial charge in [-0.05, 0) is 30.4 Å². The molecule has 0 spiro atoms. The minimum Gasteiger partial charge on any atom is -0.357 e. The molecule has 1 heterocycles. The molecule has 1 aromatic heterocycles. The Kier molecular flexibility index (Phi) is 5.61. The van der Waals surface area contributed by atoms with Gasteiger partial charge in [0.25, 0.3) is 0 Å². The highest BCUT2D eigenvalue weighted by Gasteiger charge is 2.13. The van der Waals surface area contributed by atoms with Crippen molar-refractivity contribution in [1.29, 1.82) is 0 Å². The summed E-state index contributed by atoms with van der Waals surface area (Å²) in [4.78, 5) is 0. The van der Waals surface area contributed by atoms with E-state index >= 15 is 0 Å². The zero-order valence-electron chi connectivity index (χ0n) is 11.2. The van der Waals surface area contributed by atoms with E-state index < -0.39 is 0 Å². The van der Waals surface area contributed by atoms with Gasteiger partial charge < -0.3 is 9.88 Å². The molecule has 2 heteroatoms. The molecular weight excluding hydrogens is 196 g/mol. The molecule has 1 aromatic rings. The highest BCUT2D eigenvalue weighted by atomic mass is 14.9. The molecule has 2 atom stereocenters. The number of hydrogen-bond donors (Lipinski definition) is 1. The van der Waals surface area contributed by atoms with E-state index in [1.165, 1.54) is 24.8 Å². The van der Waals surface area contributed by atoms with Crippen molar-refractivity contribution >= 4 is 0 Å². The molecule has 0 saturated carbocycles. The lowest BCUT2D eigenvalue weighted by Crippen LogP contribution is -2.33. The van der Waals surface area contributed by atoms with Crippen molar-refractivity contribution in [3.05, 3.63) is 24.0 Å². The number of aryl methyl sites for hydroxylation is 1. The first-order valence-corrected chi connectivity index (χ1v) is 6.51. The molecule has 0 aliphatic heterocycles. The van der Waals surface area contributed by atoms with E-state index in [4.69, 9.17) is 0 Å². The van der Waals surface area contributed by atoms with Crippen LogP contribution in [0.4, 0.5) is 0 Å². The molecule has 0 radical (unpaired) electrons. The van der Waals surface area contributed by atoms with Crippen LogP contribution in [0.1, 0.15) is 45.6 Å². The summed E-state index contributed by atoms with van der Waals surface area (Å²) >= 11 is 0. The first-order valence-electron chi connectivity index (χ1n) is 6.51. The third kappa shape index (κ3) is 4.01. The largest absolute Gasteiger partial charge is 0.357 e. The van der Waals surface area contributed by atoms with Gasteiger partial charge in [-0.2, -0.15) is 0 Å². The molecule has 0 saturated heterocycles. The summed E-state index contributed by atoms with van der Waals surface area (Å²) in [7, 11) is 2.07. The second-order valence-electron chi connectivity index (χ2n) is 4.85. The van der Waals surface area contributed by atoms with Crippen LogP contribution in [-0.4, -0.2) is 10.6 Å². The summed E-state index contributed by atoms with van der Waals surface area (Å²) in [6, 6.07) is 2.84. The maximum Gasteiger partial charge on any atom is 0.0223 e. The summed E-state index contributed by atoms with van der Waals surface area (Å²) in [5, 5.41) is 3.67. The first kappa shape index (κ1) is 13.3. The Morgan fingerprint density at radius 3 is 2.62 bits per heavy atom. The molecule has 0 amide bonds. The summed E-state index contributed by atoms with van der Waals surface area (Å²) in [5.41, 5.74) is 1.38. The van der Waals surface area contributed by atoms with Crippen LogP contribution in [0.5, 0.6) is 0 Å². The van der Waals surface area contributed by atoms with Gasteiger partial charge in [0.2, 0.25) is 0 Å². The lowest BCUT2D eigenvalue weighted by molar-refractivity contribution is 0.344. The molecule has 92 valence electrons. The van der Waals surface area contributed by atoms with Crippen molar-refractivity contribution in [2.75, 3.05) is 0 Å². The zero-order chi connectivity index (χ0) is 12.0. The predicted octanol–water partition coefficient (Wildman–Crippen LogP) is 3.33. The van der Waals surface area contributed by atoms with Crippen LogP contribution in [0.2, 0.25) is 0 Å². The molecule has 1 rings (SSSR count). The number of hydrogen-bond acceptors (Lipinski definition) is 1. The van der Waals surface area contributed by atoms with Gasteiger partial charge in [-0.15, -0.1) is 0 Å². The smallest absolute Gasteiger partial charge is 0.0223 e. The van der Waals surface area contributed by atoms with E-state index in [0.29, 0.717) is 6.04 Å². The van der Waals surface area contributed by atoms with E-state index in [1.54, 1.807) is 0 Å². The maximum atomic E-state index is 3.67. The SMILES string of the molecule is CCCC(C)C(CC)NCc1ccn(C)c1. The van der Waals surface area contributed by atoms with E-state index in [-0.39, 0.29) is 0 Å². The van der Waals surface area contributed by atoms with E-state index in [0.717, 1.165) is 12.5 Å². The minimum atomic E-state index is 0.653. The van der Waals surface area contributed by atoms with Gasteiger partial charge in [0.1, 0.15) is 0 Å². The zero-order valence-corrected chi connectivity index (χ0v) is 11.2. The van der Waals surface area contributed by atoms with Crippen molar-refractivity contribution in [1.82, 2.24) is 9.88 Å². The maximum absolute atomic E-state index is 3.67. The number of nitrogens with zero attached hydrogens (tertiary/aromatic N) is 1. The van der Waals surface area contributed by atoms with Crippen LogP contribution in [-0.2, 0) is 13.6 Å². The normalized spacial score (nSPS) is 15.0. The quantitative estimate of drug-likeness (QED) is 0.749. The third-order valence-electron chi connectivity index (χ3n) is 3.33. The van der Waals surface area contributed by atoms with Gasteiger partial charge in [0.05, 0.1) is 0 Å². The second-order valence-corrected chi connectivity index (χ2v) is 4.85. The van der Waals surface area contributed by atoms with Crippen LogP contribution in [0, 0.1) is 5.92 Å². The Hall–Kier alpha value is -0.760. The molecular formula is C14H26N2. The fraction of sp³-hybridized carbons (Fsp3) is 0.714. The van der Waals surface area contributed by atoms with E-state index in [1.807, 2.05) is 0 Å². The lowest BCUT2D eigenvalue weighted by Gasteiger charge is -2.23. The molecule has 16 heavy (non-hydrogen) atoms. The average Bonchev–Trinajstić information content (AvgIpc) is 2.65. The standard InChI is InChI=1S/C14H26N2/c1-5-7-12(3)14(6-2)15-10-13-8-9-16(4)11-13/h8-9,11-12,14-15H,5-7,10H2,1-4H3. The summed E-state index contributed by atoms with van der Waals surface area (Å²) in [5.74, 6) is 0.777. The van der Waals surface area contributed by atoms with Gasteiger partial charge in [-0.3, -0.25) is 0 Å². The van der Waals surface area contributed by atoms with Crippen LogP contribution >= 0.6 is 0 Å². The van der Waals surface area contributed by atoms with Crippen LogP contribution < -0.4 is 5.32 Å². The Morgan fingerprint density at radius 2 is 2.12 bits per heavy atom. The van der Waals surface area contributed by atoms with Crippen LogP contribution in [0.25, 0.3) is 0 Å². The van der Waals surface area contributed by atoms with Crippen molar-refractivity contribution in [3.8, 4) is 0 Å². The van der Waals surface area contributed by atoms with Gasteiger partial charge in [-0.25, -0.2) is 0 Å². The van der Waals surface area contributed by atoms with Crippen molar-refractivity contribution < 1.29 is 0 Å². The van der Waals surface area contributed by atoms with Gasteiger partial charge in [-0.1, -0.05) is 27.2 Å². The number of aromatic nitrogens is 1. The minimum absolute atomic E-state index is 0.653. The monoisotopic (exact) mass is 222 g/mol. The molecule has 1 N–H and O–H groups in total. The predicted molar refractivity (Wildman–Crippen MR) is 70.4 cm³/mol. The van der Waals surface area contributed by atoms with Crippen LogP contribution in [0.3, 0.4) is 0 Å². The Balaban J connectivity index is 2.39. The molecule has 0 aliphatic carbocycles. The van der Waals surface area contributed by atoms with Crippen molar-refractivity contribution in [2.45, 2.75) is 52.6 Å². The van der Waals surface area contributed by atoms with Gasteiger partial charge in [0.15, 0.2) is 0 Å². The van der Waals surface area contributed by atoms with Gasteiger partial charge >= 0.3 is 0 Å². The van der Waals surface area contributed by atoms with Crippen molar-refractivity contribution in [3.63, 3.8) is 0 Å². The summed E-state index contributed by atoms with van der Waals surface area (Å²) < 4.78 is 2.10. The average molecular weight is 222 g/mol. The topological polar surface area (TPSA) is 17.0 Å².